The number of rotatable bonds is 20. The Hall–Kier alpha value is -3.71. The highest BCUT2D eigenvalue weighted by Gasteiger charge is 2.46. The molecule has 0 radical (unpaired) electrons. The van der Waals surface area contributed by atoms with E-state index < -0.39 is 58.1 Å². The largest absolute Gasteiger partial charge is 0.496 e. The van der Waals surface area contributed by atoms with Crippen molar-refractivity contribution in [1.82, 2.24) is 14.5 Å². The Morgan fingerprint density at radius 1 is 1.08 bits per heavy atom. The molecular formula is C39H57N3O8S. The van der Waals surface area contributed by atoms with Crippen molar-refractivity contribution in [2.75, 3.05) is 33.1 Å². The Morgan fingerprint density at radius 3 is 2.41 bits per heavy atom. The number of benzene rings is 2. The van der Waals surface area contributed by atoms with Crippen LogP contribution in [0.4, 0.5) is 4.79 Å². The van der Waals surface area contributed by atoms with Gasteiger partial charge in [0.05, 0.1) is 38.1 Å². The topological polar surface area (TPSA) is 135 Å². The van der Waals surface area contributed by atoms with Gasteiger partial charge in [-0.15, -0.1) is 13.2 Å². The zero-order valence-electron chi connectivity index (χ0n) is 31.1. The van der Waals surface area contributed by atoms with Gasteiger partial charge in [0.1, 0.15) is 17.4 Å². The molecule has 0 saturated heterocycles. The zero-order valence-corrected chi connectivity index (χ0v) is 31.9. The molecule has 4 atom stereocenters. The SMILES string of the molecule is C=CCO[C@](O)(CN(C(=O)OC(C)(C)C)[C@@H]1CCc2ccccc21)[C@H](Cc1ccccc1OC)NC(=O)[C@H](CC=C)N(C)S(=O)(=O)CCCCC. The van der Waals surface area contributed by atoms with Crippen molar-refractivity contribution < 1.29 is 37.3 Å². The van der Waals surface area contributed by atoms with E-state index >= 15 is 0 Å². The van der Waals surface area contributed by atoms with Crippen LogP contribution in [-0.2, 0) is 37.1 Å². The van der Waals surface area contributed by atoms with Gasteiger partial charge in [0.25, 0.3) is 0 Å². The maximum absolute atomic E-state index is 14.3. The number of likely N-dealkylation sites (N-methyl/N-ethyl adjacent to an activating group) is 1. The highest BCUT2D eigenvalue weighted by atomic mass is 32.2. The van der Waals surface area contributed by atoms with Crippen LogP contribution in [0.1, 0.15) is 82.5 Å². The molecular weight excluding hydrogens is 671 g/mol. The molecule has 3 rings (SSSR count). The highest BCUT2D eigenvalue weighted by Crippen LogP contribution is 2.38. The standard InChI is InChI=1S/C39H57N3O8S/c1-9-12-17-26-51(46,47)41(7)33(18-10-2)36(43)40-35(27-30-20-14-16-22-34(30)48-8)39(45,49-25-11-3)28-42(37(44)50-38(4,5)6)32-24-23-29-19-13-15-21-31(29)32/h10-11,13-16,19-22,32-33,35,45H,2-3,9,12,17-18,23-28H2,1,4-8H3,(H,40,43)/t32-,33+,35+,39-/m1/s1. The molecule has 282 valence electrons. The first kappa shape index (κ1) is 41.7. The number of nitrogens with one attached hydrogen (secondary N) is 1. The summed E-state index contributed by atoms with van der Waals surface area (Å²) in [5.74, 6) is -2.48. The predicted molar refractivity (Wildman–Crippen MR) is 200 cm³/mol. The smallest absolute Gasteiger partial charge is 0.410 e. The van der Waals surface area contributed by atoms with E-state index in [4.69, 9.17) is 14.2 Å². The predicted octanol–water partition coefficient (Wildman–Crippen LogP) is 5.93. The van der Waals surface area contributed by atoms with E-state index in [-0.39, 0.29) is 25.2 Å². The maximum Gasteiger partial charge on any atom is 0.410 e. The fraction of sp³-hybridized carbons (Fsp3) is 0.538. The van der Waals surface area contributed by atoms with Gasteiger partial charge in [0, 0.05) is 13.5 Å². The fourth-order valence-corrected chi connectivity index (χ4v) is 7.74. The quantitative estimate of drug-likeness (QED) is 0.0974. The van der Waals surface area contributed by atoms with Crippen LogP contribution in [0.25, 0.3) is 0 Å². The van der Waals surface area contributed by atoms with Gasteiger partial charge in [-0.1, -0.05) is 74.4 Å². The molecule has 1 aliphatic carbocycles. The molecule has 2 aromatic rings. The van der Waals surface area contributed by atoms with Gasteiger partial charge >= 0.3 is 6.09 Å². The fourth-order valence-electron chi connectivity index (χ4n) is 6.32. The molecule has 0 saturated carbocycles. The summed E-state index contributed by atoms with van der Waals surface area (Å²) in [6, 6.07) is 12.2. The molecule has 2 amide bonds. The molecule has 0 bridgehead atoms. The Bertz CT molecular complexity index is 1590. The van der Waals surface area contributed by atoms with Crippen LogP contribution in [0.2, 0.25) is 0 Å². The summed E-state index contributed by atoms with van der Waals surface area (Å²) in [6.07, 6.45) is 5.66. The lowest BCUT2D eigenvalue weighted by Crippen LogP contribution is -2.63. The second-order valence-electron chi connectivity index (χ2n) is 14.0. The number of carbonyl (C=O) groups is 2. The summed E-state index contributed by atoms with van der Waals surface area (Å²) in [4.78, 5) is 29.8. The molecule has 2 N–H and O–H groups in total. The number of para-hydroxylation sites is 1. The van der Waals surface area contributed by atoms with Gasteiger partial charge in [-0.2, -0.15) is 4.31 Å². The summed E-state index contributed by atoms with van der Waals surface area (Å²) >= 11 is 0. The first-order chi connectivity index (χ1) is 24.1. The van der Waals surface area contributed by atoms with Gasteiger partial charge in [-0.3, -0.25) is 9.69 Å². The number of aryl methyl sites for hydroxylation is 1. The van der Waals surface area contributed by atoms with Crippen LogP contribution >= 0.6 is 0 Å². The number of carbonyl (C=O) groups excluding carboxylic acids is 2. The normalized spacial score (nSPS) is 16.7. The monoisotopic (exact) mass is 727 g/mol. The number of ether oxygens (including phenoxy) is 3. The van der Waals surface area contributed by atoms with Crippen LogP contribution in [0.15, 0.2) is 73.8 Å². The Morgan fingerprint density at radius 2 is 1.76 bits per heavy atom. The molecule has 0 unspecified atom stereocenters. The van der Waals surface area contributed by atoms with Crippen molar-refractivity contribution in [3.05, 3.63) is 90.5 Å². The second kappa shape index (κ2) is 18.7. The summed E-state index contributed by atoms with van der Waals surface area (Å²) in [7, 11) is -0.910. The van der Waals surface area contributed by atoms with E-state index in [9.17, 15) is 23.1 Å². The Kier molecular flexibility index (Phi) is 15.3. The lowest BCUT2D eigenvalue weighted by Gasteiger charge is -2.42. The maximum atomic E-state index is 14.3. The number of hydrogen-bond acceptors (Lipinski definition) is 8. The van der Waals surface area contributed by atoms with Crippen molar-refractivity contribution in [2.24, 2.45) is 0 Å². The molecule has 11 nitrogen and oxygen atoms in total. The third-order valence-corrected chi connectivity index (χ3v) is 10.9. The molecule has 12 heteroatoms. The van der Waals surface area contributed by atoms with Crippen LogP contribution in [0, 0.1) is 0 Å². The average Bonchev–Trinajstić information content (AvgIpc) is 3.51. The van der Waals surface area contributed by atoms with Crippen LogP contribution in [-0.4, -0.2) is 91.3 Å². The average molecular weight is 728 g/mol. The lowest BCUT2D eigenvalue weighted by molar-refractivity contribution is -0.226. The molecule has 0 aliphatic heterocycles. The lowest BCUT2D eigenvalue weighted by atomic mass is 9.95. The molecule has 0 spiro atoms. The molecule has 1 aliphatic rings. The number of hydrogen-bond donors (Lipinski definition) is 2. The summed E-state index contributed by atoms with van der Waals surface area (Å²) < 4.78 is 45.5. The summed E-state index contributed by atoms with van der Waals surface area (Å²) in [6.45, 7) is 14.3. The van der Waals surface area contributed by atoms with Crippen molar-refractivity contribution >= 4 is 22.0 Å². The number of amides is 2. The third kappa shape index (κ3) is 11.4. The van der Waals surface area contributed by atoms with Crippen molar-refractivity contribution in [2.45, 2.75) is 102 Å². The van der Waals surface area contributed by atoms with Gasteiger partial charge in [-0.05, 0) is 69.2 Å². The van der Waals surface area contributed by atoms with Crippen LogP contribution in [0.3, 0.4) is 0 Å². The van der Waals surface area contributed by atoms with Crippen LogP contribution in [0.5, 0.6) is 5.75 Å². The van der Waals surface area contributed by atoms with E-state index in [1.807, 2.05) is 31.2 Å². The minimum absolute atomic E-state index is 0.000577. The molecule has 2 aromatic carbocycles. The van der Waals surface area contributed by atoms with E-state index in [1.165, 1.54) is 31.2 Å². The van der Waals surface area contributed by atoms with Crippen LogP contribution < -0.4 is 10.1 Å². The highest BCUT2D eigenvalue weighted by molar-refractivity contribution is 7.89. The Balaban J connectivity index is 2.14. The number of sulfonamides is 1. The van der Waals surface area contributed by atoms with Gasteiger partial charge in [-0.25, -0.2) is 13.2 Å². The van der Waals surface area contributed by atoms with Crippen molar-refractivity contribution in [3.8, 4) is 5.75 Å². The minimum Gasteiger partial charge on any atom is -0.496 e. The zero-order chi connectivity index (χ0) is 37.8. The third-order valence-electron chi connectivity index (χ3n) is 9.01. The first-order valence-corrected chi connectivity index (χ1v) is 19.2. The van der Waals surface area contributed by atoms with E-state index in [2.05, 4.69) is 18.5 Å². The minimum atomic E-state index is -3.81. The van der Waals surface area contributed by atoms with E-state index in [0.29, 0.717) is 24.2 Å². The first-order valence-electron chi connectivity index (χ1n) is 17.6. The number of unbranched alkanes of at least 4 members (excludes halogenated alkanes) is 2. The molecule has 51 heavy (non-hydrogen) atoms. The van der Waals surface area contributed by atoms with Gasteiger partial charge in [0.15, 0.2) is 0 Å². The number of fused-ring (bicyclic) bond motifs is 1. The van der Waals surface area contributed by atoms with Gasteiger partial charge in [0.2, 0.25) is 21.7 Å². The molecule has 0 heterocycles. The molecule has 0 fully saturated rings. The summed E-state index contributed by atoms with van der Waals surface area (Å²) in [5.41, 5.74) is 1.81. The second-order valence-corrected chi connectivity index (χ2v) is 16.1. The van der Waals surface area contributed by atoms with E-state index in [0.717, 1.165) is 34.7 Å². The van der Waals surface area contributed by atoms with Crippen molar-refractivity contribution in [1.29, 1.82) is 0 Å². The van der Waals surface area contributed by atoms with E-state index in [1.54, 1.807) is 45.0 Å². The number of methoxy groups -OCH3 is 1. The number of nitrogens with zero attached hydrogens (tertiary/aromatic N) is 2. The number of aliphatic hydroxyl groups is 1. The summed E-state index contributed by atoms with van der Waals surface area (Å²) in [5, 5.41) is 15.7. The van der Waals surface area contributed by atoms with Crippen molar-refractivity contribution in [3.63, 3.8) is 0 Å². The molecule has 0 aromatic heterocycles. The van der Waals surface area contributed by atoms with Gasteiger partial charge < -0.3 is 24.6 Å². The Labute approximate surface area is 304 Å².